The predicted molar refractivity (Wildman–Crippen MR) is 130 cm³/mol. The van der Waals surface area contributed by atoms with E-state index in [9.17, 15) is 40.7 Å². The van der Waals surface area contributed by atoms with Gasteiger partial charge in [-0.2, -0.15) is 13.2 Å². The summed E-state index contributed by atoms with van der Waals surface area (Å²) in [6.07, 6.45) is -5.70. The molecule has 0 saturated carbocycles. The monoisotopic (exact) mass is 570 g/mol. The summed E-state index contributed by atoms with van der Waals surface area (Å²) in [5.41, 5.74) is -3.32. The highest BCUT2D eigenvalue weighted by Gasteiger charge is 2.40. The first-order chi connectivity index (χ1) is 18.8. The van der Waals surface area contributed by atoms with Crippen LogP contribution >= 0.6 is 0 Å². The molecule has 0 spiro atoms. The molecule has 1 aliphatic rings. The Hall–Kier alpha value is -4.63. The zero-order valence-electron chi connectivity index (χ0n) is 20.8. The Kier molecular flexibility index (Phi) is 7.70. The fourth-order valence-corrected chi connectivity index (χ4v) is 4.03. The number of alkyl halides is 3. The van der Waals surface area contributed by atoms with Crippen LogP contribution < -0.4 is 21.0 Å². The van der Waals surface area contributed by atoms with E-state index in [4.69, 9.17) is 0 Å². The second-order valence-corrected chi connectivity index (χ2v) is 8.46. The Morgan fingerprint density at radius 2 is 1.88 bits per heavy atom. The number of aromatic nitrogens is 2. The number of nitrogens with one attached hydrogen (secondary N) is 2. The van der Waals surface area contributed by atoms with Crippen molar-refractivity contribution < 1.29 is 40.7 Å². The molecule has 10 nitrogen and oxygen atoms in total. The van der Waals surface area contributed by atoms with E-state index in [1.807, 2.05) is 0 Å². The lowest BCUT2D eigenvalue weighted by atomic mass is 10.1. The Labute approximate surface area is 221 Å². The maximum Gasteiger partial charge on any atom is 0.436 e. The van der Waals surface area contributed by atoms with Crippen LogP contribution in [-0.2, 0) is 4.74 Å². The highest BCUT2D eigenvalue weighted by atomic mass is 19.4. The number of carbonyl (C=O) groups is 2. The van der Waals surface area contributed by atoms with Crippen LogP contribution in [0.1, 0.15) is 23.7 Å². The molecule has 1 aromatic carbocycles. The van der Waals surface area contributed by atoms with Gasteiger partial charge in [0.15, 0.2) is 17.3 Å². The number of hydrogen-bond acceptors (Lipinski definition) is 5. The van der Waals surface area contributed by atoms with Gasteiger partial charge in [-0.1, -0.05) is 6.92 Å². The van der Waals surface area contributed by atoms with Crippen molar-refractivity contribution in [1.29, 1.82) is 0 Å². The van der Waals surface area contributed by atoms with Gasteiger partial charge in [-0.15, -0.1) is 4.99 Å². The van der Waals surface area contributed by atoms with Gasteiger partial charge >= 0.3 is 12.3 Å². The minimum atomic E-state index is -4.83. The van der Waals surface area contributed by atoms with E-state index in [0.29, 0.717) is 29.4 Å². The summed E-state index contributed by atoms with van der Waals surface area (Å²) in [4.78, 5) is 47.1. The minimum absolute atomic E-state index is 0.0143. The van der Waals surface area contributed by atoms with Crippen LogP contribution in [0.25, 0.3) is 16.7 Å². The van der Waals surface area contributed by atoms with Crippen molar-refractivity contribution in [3.8, 4) is 5.69 Å². The summed E-state index contributed by atoms with van der Waals surface area (Å²) in [6.45, 7) is 1.69. The Morgan fingerprint density at radius 3 is 2.48 bits per heavy atom. The number of guanidine groups is 1. The summed E-state index contributed by atoms with van der Waals surface area (Å²) in [7, 11) is 1.11. The smallest absolute Gasteiger partial charge is 0.436 e. The summed E-state index contributed by atoms with van der Waals surface area (Å²) in [6, 6.07) is 0.792. The van der Waals surface area contributed by atoms with Crippen molar-refractivity contribution in [2.24, 2.45) is 4.99 Å². The molecule has 1 aliphatic heterocycles. The Balaban J connectivity index is 1.95. The van der Waals surface area contributed by atoms with E-state index in [1.165, 1.54) is 11.0 Å². The molecule has 0 bridgehead atoms. The van der Waals surface area contributed by atoms with Crippen molar-refractivity contribution in [1.82, 2.24) is 20.2 Å². The Morgan fingerprint density at radius 1 is 1.20 bits per heavy atom. The van der Waals surface area contributed by atoms with Gasteiger partial charge in [0, 0.05) is 31.4 Å². The zero-order chi connectivity index (χ0) is 29.4. The number of halogens is 6. The number of aliphatic imine (C=N–C) groups is 1. The first-order valence-corrected chi connectivity index (χ1v) is 11.6. The van der Waals surface area contributed by atoms with Crippen LogP contribution in [-0.4, -0.2) is 59.9 Å². The van der Waals surface area contributed by atoms with E-state index < -0.39 is 75.8 Å². The van der Waals surface area contributed by atoms with Crippen LogP contribution in [0.5, 0.6) is 0 Å². The largest absolute Gasteiger partial charge is 0.451 e. The molecule has 0 aliphatic carbocycles. The summed E-state index contributed by atoms with van der Waals surface area (Å²) >= 11 is 0. The molecule has 3 heterocycles. The molecule has 4 rings (SSSR count). The lowest BCUT2D eigenvalue weighted by Gasteiger charge is -2.21. The third-order valence-corrected chi connectivity index (χ3v) is 5.93. The fraction of sp³-hybridized carbons (Fsp3) is 0.292. The molecule has 212 valence electrons. The van der Waals surface area contributed by atoms with Crippen molar-refractivity contribution in [2.75, 3.05) is 25.1 Å². The number of nitrogens with zero attached hydrogens (tertiary/aromatic N) is 4. The van der Waals surface area contributed by atoms with E-state index in [1.54, 1.807) is 5.32 Å². The van der Waals surface area contributed by atoms with Crippen LogP contribution in [0.4, 0.5) is 37.0 Å². The molecule has 1 saturated heterocycles. The number of carbonyl (C=O) groups excluding carboxylic acids is 2. The zero-order valence-corrected chi connectivity index (χ0v) is 20.8. The number of rotatable bonds is 5. The number of fused-ring (bicyclic) bond motifs is 1. The highest BCUT2D eigenvalue weighted by Crippen LogP contribution is 2.26. The number of amides is 2. The van der Waals surface area contributed by atoms with Crippen molar-refractivity contribution >= 4 is 34.8 Å². The number of benzene rings is 1. The van der Waals surface area contributed by atoms with Gasteiger partial charge in [0.25, 0.3) is 5.91 Å². The third-order valence-electron chi connectivity index (χ3n) is 5.93. The molecule has 2 N–H and O–H groups in total. The van der Waals surface area contributed by atoms with Crippen LogP contribution in [0, 0.1) is 17.5 Å². The van der Waals surface area contributed by atoms with Crippen LogP contribution in [0.3, 0.4) is 0 Å². The maximum absolute atomic E-state index is 14.9. The standard InChI is InChI=1S/C24H20F6N6O4/c1-3-16(24(28,29)30)32-21(38)13-10-36(18-14(26)8-11(25)9-15(18)27)20-12(19(13)37)4-5-17(33-20)35-7-6-31-22(35)34-23(39)40-2/h4-5,8-10,16H,3,6-7H2,1-2H3,(H,32,38)(H,31,34,39). The fourth-order valence-electron chi connectivity index (χ4n) is 4.03. The average molecular weight is 570 g/mol. The number of ether oxygens (including phenoxy) is 1. The predicted octanol–water partition coefficient (Wildman–Crippen LogP) is 3.41. The van der Waals surface area contributed by atoms with E-state index in [2.05, 4.69) is 20.0 Å². The first-order valence-electron chi connectivity index (χ1n) is 11.6. The Bertz CT molecular complexity index is 1570. The maximum atomic E-state index is 14.9. The molecule has 1 atom stereocenters. The SMILES string of the molecule is CCC(NC(=O)c1cn(-c2c(F)cc(F)cc2F)c2nc(N3CCNC3=NC(=O)OC)ccc2c1=O)C(F)(F)F. The van der Waals surface area contributed by atoms with E-state index in [-0.39, 0.29) is 18.3 Å². The minimum Gasteiger partial charge on any atom is -0.451 e. The summed E-state index contributed by atoms with van der Waals surface area (Å²) in [5, 5.41) is 4.14. The lowest BCUT2D eigenvalue weighted by Crippen LogP contribution is -2.46. The molecule has 2 amide bonds. The molecular formula is C24H20F6N6O4. The molecule has 3 aromatic rings. The first kappa shape index (κ1) is 28.4. The second kappa shape index (κ2) is 10.9. The summed E-state index contributed by atoms with van der Waals surface area (Å²) in [5.74, 6) is -5.55. The van der Waals surface area contributed by atoms with Gasteiger partial charge in [0.2, 0.25) is 11.4 Å². The summed E-state index contributed by atoms with van der Waals surface area (Å²) < 4.78 is 88.4. The van der Waals surface area contributed by atoms with Crippen molar-refractivity contribution in [2.45, 2.75) is 25.6 Å². The van der Waals surface area contributed by atoms with E-state index in [0.717, 1.165) is 20.1 Å². The molecular weight excluding hydrogens is 550 g/mol. The number of methoxy groups -OCH3 is 1. The quantitative estimate of drug-likeness (QED) is 0.452. The number of pyridine rings is 2. The van der Waals surface area contributed by atoms with Gasteiger partial charge in [0.1, 0.15) is 28.9 Å². The highest BCUT2D eigenvalue weighted by molar-refractivity contribution is 6.03. The number of anilines is 1. The van der Waals surface area contributed by atoms with Crippen molar-refractivity contribution in [3.63, 3.8) is 0 Å². The van der Waals surface area contributed by atoms with Gasteiger partial charge in [-0.05, 0) is 18.6 Å². The number of hydrogen-bond donors (Lipinski definition) is 2. The molecule has 1 fully saturated rings. The van der Waals surface area contributed by atoms with E-state index >= 15 is 0 Å². The normalized spacial score (nSPS) is 15.3. The van der Waals surface area contributed by atoms with Gasteiger partial charge in [-0.3, -0.25) is 19.1 Å². The third kappa shape index (κ3) is 5.41. The van der Waals surface area contributed by atoms with Gasteiger partial charge in [-0.25, -0.2) is 22.9 Å². The van der Waals surface area contributed by atoms with Gasteiger partial charge < -0.3 is 15.4 Å². The molecule has 16 heteroatoms. The van der Waals surface area contributed by atoms with Crippen molar-refractivity contribution in [3.05, 3.63) is 63.7 Å². The molecule has 40 heavy (non-hydrogen) atoms. The van der Waals surface area contributed by atoms with Crippen LogP contribution in [0.2, 0.25) is 0 Å². The molecule has 1 unspecified atom stereocenters. The topological polar surface area (TPSA) is 118 Å². The van der Waals surface area contributed by atoms with Gasteiger partial charge in [0.05, 0.1) is 12.5 Å². The second-order valence-electron chi connectivity index (χ2n) is 8.46. The molecule has 0 radical (unpaired) electrons. The average Bonchev–Trinajstić information content (AvgIpc) is 3.34. The molecule has 2 aromatic heterocycles. The van der Waals surface area contributed by atoms with Crippen LogP contribution in [0.15, 0.2) is 40.2 Å². The lowest BCUT2D eigenvalue weighted by molar-refractivity contribution is -0.153.